The Kier molecular flexibility index (Phi) is 2.34. The molecule has 1 heterocycles. The van der Waals surface area contributed by atoms with Crippen molar-refractivity contribution in [2.75, 3.05) is 11.9 Å². The van der Waals surface area contributed by atoms with Gasteiger partial charge in [-0.15, -0.1) is 0 Å². The third kappa shape index (κ3) is 1.46. The fraction of sp³-hybridized carbons (Fsp3) is 0.333. The Morgan fingerprint density at radius 2 is 2.12 bits per heavy atom. The van der Waals surface area contributed by atoms with Crippen LogP contribution in [-0.4, -0.2) is 29.6 Å². The van der Waals surface area contributed by atoms with Gasteiger partial charge in [-0.25, -0.2) is 4.79 Å². The molecule has 0 saturated carbocycles. The van der Waals surface area contributed by atoms with Crippen molar-refractivity contribution in [2.45, 2.75) is 19.4 Å². The summed E-state index contributed by atoms with van der Waals surface area (Å²) < 4.78 is 5.35. The van der Waals surface area contributed by atoms with E-state index in [1.54, 1.807) is 19.2 Å². The molecule has 0 radical (unpaired) electrons. The summed E-state index contributed by atoms with van der Waals surface area (Å²) in [5, 5.41) is 9.11. The molecular formula is C12H13NO4. The Morgan fingerprint density at radius 1 is 1.47 bits per heavy atom. The Balaban J connectivity index is 2.61. The van der Waals surface area contributed by atoms with Crippen molar-refractivity contribution in [3.05, 3.63) is 23.8 Å². The summed E-state index contributed by atoms with van der Waals surface area (Å²) in [6.07, 6.45) is 0. The summed E-state index contributed by atoms with van der Waals surface area (Å²) >= 11 is 0. The predicted molar refractivity (Wildman–Crippen MR) is 61.3 cm³/mol. The number of aryl methyl sites for hydroxylation is 1. The van der Waals surface area contributed by atoms with Gasteiger partial charge in [0, 0.05) is 7.05 Å². The van der Waals surface area contributed by atoms with Crippen molar-refractivity contribution >= 4 is 17.6 Å². The highest BCUT2D eigenvalue weighted by Gasteiger charge is 2.50. The second-order valence-electron chi connectivity index (χ2n) is 4.23. The van der Waals surface area contributed by atoms with E-state index in [1.165, 1.54) is 11.8 Å². The van der Waals surface area contributed by atoms with Crippen LogP contribution in [0.1, 0.15) is 12.5 Å². The van der Waals surface area contributed by atoms with Gasteiger partial charge in [0.15, 0.2) is 0 Å². The van der Waals surface area contributed by atoms with E-state index < -0.39 is 17.5 Å². The molecule has 17 heavy (non-hydrogen) atoms. The van der Waals surface area contributed by atoms with E-state index in [2.05, 4.69) is 0 Å². The molecule has 1 aliphatic rings. The lowest BCUT2D eigenvalue weighted by Gasteiger charge is -2.37. The summed E-state index contributed by atoms with van der Waals surface area (Å²) in [6.45, 7) is 3.11. The first-order valence-corrected chi connectivity index (χ1v) is 5.18. The van der Waals surface area contributed by atoms with Crippen LogP contribution >= 0.6 is 0 Å². The minimum Gasteiger partial charge on any atom is -0.478 e. The SMILES string of the molecule is Cc1cccc2c1N(C)C(=O)[C@@](C)(C(=O)O)O2. The molecule has 1 amide bonds. The molecule has 1 aromatic rings. The fourth-order valence-corrected chi connectivity index (χ4v) is 1.96. The maximum atomic E-state index is 12.0. The van der Waals surface area contributed by atoms with Gasteiger partial charge in [-0.1, -0.05) is 12.1 Å². The number of benzene rings is 1. The minimum atomic E-state index is -1.85. The summed E-state index contributed by atoms with van der Waals surface area (Å²) in [5.74, 6) is -1.45. The number of rotatable bonds is 1. The maximum Gasteiger partial charge on any atom is 0.357 e. The van der Waals surface area contributed by atoms with E-state index in [-0.39, 0.29) is 0 Å². The largest absolute Gasteiger partial charge is 0.478 e. The zero-order valence-corrected chi connectivity index (χ0v) is 9.85. The van der Waals surface area contributed by atoms with E-state index in [4.69, 9.17) is 9.84 Å². The number of amides is 1. The third-order valence-corrected chi connectivity index (χ3v) is 2.97. The standard InChI is InChI=1S/C12H13NO4/c1-7-5-4-6-8-9(7)13(3)10(14)12(2,17-8)11(15)16/h4-6H,1-3H3,(H,15,16)/t12-/m0/s1. The van der Waals surface area contributed by atoms with Crippen molar-refractivity contribution in [1.82, 2.24) is 0 Å². The van der Waals surface area contributed by atoms with Crippen LogP contribution in [0.4, 0.5) is 5.69 Å². The van der Waals surface area contributed by atoms with Crippen LogP contribution in [0.25, 0.3) is 0 Å². The number of carbonyl (C=O) groups is 2. The van der Waals surface area contributed by atoms with Crippen molar-refractivity contribution < 1.29 is 19.4 Å². The van der Waals surface area contributed by atoms with Crippen LogP contribution in [0.5, 0.6) is 5.75 Å². The molecule has 0 aliphatic carbocycles. The van der Waals surface area contributed by atoms with Crippen molar-refractivity contribution in [3.8, 4) is 5.75 Å². The number of ether oxygens (including phenoxy) is 1. The van der Waals surface area contributed by atoms with Crippen molar-refractivity contribution in [3.63, 3.8) is 0 Å². The quantitative estimate of drug-likeness (QED) is 0.742. The van der Waals surface area contributed by atoms with Crippen LogP contribution in [0, 0.1) is 6.92 Å². The molecule has 0 saturated heterocycles. The molecule has 1 aliphatic heterocycles. The number of fused-ring (bicyclic) bond motifs is 1. The molecule has 1 N–H and O–H groups in total. The first-order chi connectivity index (χ1) is 7.88. The number of anilines is 1. The van der Waals surface area contributed by atoms with Crippen LogP contribution in [0.3, 0.4) is 0 Å². The summed E-state index contributed by atoms with van der Waals surface area (Å²) in [4.78, 5) is 24.5. The van der Waals surface area contributed by atoms with E-state index in [0.717, 1.165) is 5.56 Å². The van der Waals surface area contributed by atoms with E-state index >= 15 is 0 Å². The number of carboxylic acids is 1. The number of likely N-dealkylation sites (N-methyl/N-ethyl adjacent to an activating group) is 1. The molecular weight excluding hydrogens is 222 g/mol. The normalized spacial score (nSPS) is 23.0. The zero-order valence-electron chi connectivity index (χ0n) is 9.85. The molecule has 90 valence electrons. The Labute approximate surface area is 98.6 Å². The lowest BCUT2D eigenvalue weighted by Crippen LogP contribution is -2.58. The molecule has 1 atom stereocenters. The van der Waals surface area contributed by atoms with Crippen molar-refractivity contribution in [2.24, 2.45) is 0 Å². The average Bonchev–Trinajstić information content (AvgIpc) is 2.25. The van der Waals surface area contributed by atoms with Crippen LogP contribution in [-0.2, 0) is 9.59 Å². The lowest BCUT2D eigenvalue weighted by molar-refractivity contribution is -0.160. The first kappa shape index (κ1) is 11.4. The smallest absolute Gasteiger partial charge is 0.357 e. The summed E-state index contributed by atoms with van der Waals surface area (Å²) in [5.41, 5.74) is -0.364. The van der Waals surface area contributed by atoms with Gasteiger partial charge in [-0.05, 0) is 25.5 Å². The van der Waals surface area contributed by atoms with Crippen LogP contribution in [0.2, 0.25) is 0 Å². The molecule has 5 heteroatoms. The van der Waals surface area contributed by atoms with Crippen molar-refractivity contribution in [1.29, 1.82) is 0 Å². The Bertz CT molecular complexity index is 511. The topological polar surface area (TPSA) is 66.8 Å². The number of para-hydroxylation sites is 1. The second-order valence-corrected chi connectivity index (χ2v) is 4.23. The van der Waals surface area contributed by atoms with Gasteiger partial charge in [0.05, 0.1) is 5.69 Å². The van der Waals surface area contributed by atoms with Gasteiger partial charge < -0.3 is 14.7 Å². The van der Waals surface area contributed by atoms with Crippen LogP contribution in [0.15, 0.2) is 18.2 Å². The number of carboxylic acid groups (broad SMARTS) is 1. The third-order valence-electron chi connectivity index (χ3n) is 2.97. The molecule has 0 bridgehead atoms. The highest BCUT2D eigenvalue weighted by Crippen LogP contribution is 2.39. The Hall–Kier alpha value is -2.04. The Morgan fingerprint density at radius 3 is 2.71 bits per heavy atom. The molecule has 0 aromatic heterocycles. The van der Waals surface area contributed by atoms with Gasteiger partial charge >= 0.3 is 5.97 Å². The molecule has 0 unspecified atom stereocenters. The molecule has 0 fully saturated rings. The number of hydrogen-bond acceptors (Lipinski definition) is 3. The highest BCUT2D eigenvalue weighted by atomic mass is 16.5. The molecule has 2 rings (SSSR count). The van der Waals surface area contributed by atoms with Gasteiger partial charge in [0.1, 0.15) is 5.75 Å². The van der Waals surface area contributed by atoms with Gasteiger partial charge in [-0.2, -0.15) is 0 Å². The summed E-state index contributed by atoms with van der Waals surface area (Å²) in [7, 11) is 1.55. The second kappa shape index (κ2) is 3.48. The lowest BCUT2D eigenvalue weighted by atomic mass is 10.0. The van der Waals surface area contributed by atoms with Crippen LogP contribution < -0.4 is 9.64 Å². The van der Waals surface area contributed by atoms with Gasteiger partial charge in [0.25, 0.3) is 11.5 Å². The first-order valence-electron chi connectivity index (χ1n) is 5.18. The minimum absolute atomic E-state index is 0.414. The number of nitrogens with zero attached hydrogens (tertiary/aromatic N) is 1. The monoisotopic (exact) mass is 235 g/mol. The maximum absolute atomic E-state index is 12.0. The zero-order chi connectivity index (χ0) is 12.8. The number of aliphatic carboxylic acids is 1. The summed E-state index contributed by atoms with van der Waals surface area (Å²) in [6, 6.07) is 5.27. The fourth-order valence-electron chi connectivity index (χ4n) is 1.96. The molecule has 1 aromatic carbocycles. The average molecular weight is 235 g/mol. The molecule has 0 spiro atoms. The van der Waals surface area contributed by atoms with Gasteiger partial charge in [0.2, 0.25) is 0 Å². The highest BCUT2D eigenvalue weighted by molar-refractivity contribution is 6.14. The molecule has 5 nitrogen and oxygen atoms in total. The predicted octanol–water partition coefficient (Wildman–Crippen LogP) is 1.19. The number of carbonyl (C=O) groups excluding carboxylic acids is 1. The van der Waals surface area contributed by atoms with Gasteiger partial charge in [-0.3, -0.25) is 4.79 Å². The number of hydrogen-bond donors (Lipinski definition) is 1. The van der Waals surface area contributed by atoms with E-state index in [9.17, 15) is 9.59 Å². The van der Waals surface area contributed by atoms with E-state index in [1.807, 2.05) is 13.0 Å². The van der Waals surface area contributed by atoms with E-state index in [0.29, 0.717) is 11.4 Å².